The van der Waals surface area contributed by atoms with Crippen LogP contribution in [0.4, 0.5) is 11.5 Å². The van der Waals surface area contributed by atoms with Gasteiger partial charge in [0.2, 0.25) is 0 Å². The van der Waals surface area contributed by atoms with Gasteiger partial charge in [0.15, 0.2) is 0 Å². The molecule has 0 unspecified atom stereocenters. The summed E-state index contributed by atoms with van der Waals surface area (Å²) in [5, 5.41) is 3.34. The van der Waals surface area contributed by atoms with Crippen LogP contribution in [0.25, 0.3) is 0 Å². The molecular weight excluding hydrogens is 254 g/mol. The summed E-state index contributed by atoms with van der Waals surface area (Å²) >= 11 is 0. The van der Waals surface area contributed by atoms with E-state index in [0.29, 0.717) is 0 Å². The zero-order chi connectivity index (χ0) is 13.9. The number of nitrogens with one attached hydrogen (secondary N) is 1. The van der Waals surface area contributed by atoms with Crippen LogP contribution in [0, 0.1) is 0 Å². The van der Waals surface area contributed by atoms with E-state index in [2.05, 4.69) is 15.3 Å². The van der Waals surface area contributed by atoms with Gasteiger partial charge in [-0.05, 0) is 31.4 Å². The lowest BCUT2D eigenvalue weighted by molar-refractivity contribution is 0.405. The van der Waals surface area contributed by atoms with Crippen LogP contribution in [0.1, 0.15) is 17.7 Å². The molecule has 1 N–H and O–H groups in total. The lowest BCUT2D eigenvalue weighted by Crippen LogP contribution is -2.02. The minimum Gasteiger partial charge on any atom is -0.497 e. The Labute approximate surface area is 118 Å². The molecule has 0 aliphatic heterocycles. The van der Waals surface area contributed by atoms with Gasteiger partial charge >= 0.3 is 0 Å². The van der Waals surface area contributed by atoms with Crippen LogP contribution < -0.4 is 14.8 Å². The second-order valence-corrected chi connectivity index (χ2v) is 4.69. The predicted molar refractivity (Wildman–Crippen MR) is 76.9 cm³/mol. The molecule has 0 fully saturated rings. The summed E-state index contributed by atoms with van der Waals surface area (Å²) in [6.45, 7) is 0. The van der Waals surface area contributed by atoms with Gasteiger partial charge in [0, 0.05) is 17.3 Å². The van der Waals surface area contributed by atoms with Crippen molar-refractivity contribution >= 4 is 11.5 Å². The van der Waals surface area contributed by atoms with Crippen molar-refractivity contribution in [1.82, 2.24) is 9.97 Å². The van der Waals surface area contributed by atoms with E-state index in [1.165, 1.54) is 5.56 Å². The standard InChI is InChI=1S/C15H17N3O2/c1-19-10-6-7-14(20-2)13(8-10)18-15-11-4-3-5-12(11)16-9-17-15/h6-9H,3-5H2,1-2H3,(H,16,17,18). The van der Waals surface area contributed by atoms with E-state index in [1.807, 2.05) is 18.2 Å². The number of aromatic nitrogens is 2. The van der Waals surface area contributed by atoms with Gasteiger partial charge in [-0.3, -0.25) is 0 Å². The molecule has 20 heavy (non-hydrogen) atoms. The Morgan fingerprint density at radius 1 is 1.10 bits per heavy atom. The highest BCUT2D eigenvalue weighted by Gasteiger charge is 2.18. The van der Waals surface area contributed by atoms with Crippen LogP contribution in [0.5, 0.6) is 11.5 Å². The van der Waals surface area contributed by atoms with Crippen LogP contribution >= 0.6 is 0 Å². The Morgan fingerprint density at radius 3 is 2.80 bits per heavy atom. The molecule has 0 amide bonds. The van der Waals surface area contributed by atoms with Crippen molar-refractivity contribution in [2.24, 2.45) is 0 Å². The van der Waals surface area contributed by atoms with E-state index in [1.54, 1.807) is 20.5 Å². The van der Waals surface area contributed by atoms with Crippen LogP contribution in [0.2, 0.25) is 0 Å². The second-order valence-electron chi connectivity index (χ2n) is 4.69. The topological polar surface area (TPSA) is 56.3 Å². The van der Waals surface area contributed by atoms with Gasteiger partial charge in [0.25, 0.3) is 0 Å². The quantitative estimate of drug-likeness (QED) is 0.926. The van der Waals surface area contributed by atoms with Crippen molar-refractivity contribution < 1.29 is 9.47 Å². The summed E-state index contributed by atoms with van der Waals surface area (Å²) < 4.78 is 10.6. The molecule has 1 aliphatic rings. The van der Waals surface area contributed by atoms with E-state index in [4.69, 9.17) is 9.47 Å². The zero-order valence-corrected chi connectivity index (χ0v) is 11.6. The number of benzene rings is 1. The van der Waals surface area contributed by atoms with Gasteiger partial charge in [-0.15, -0.1) is 0 Å². The number of hydrogen-bond donors (Lipinski definition) is 1. The van der Waals surface area contributed by atoms with E-state index in [-0.39, 0.29) is 0 Å². The first-order chi connectivity index (χ1) is 9.81. The van der Waals surface area contributed by atoms with Crippen LogP contribution in [-0.4, -0.2) is 24.2 Å². The fourth-order valence-electron chi connectivity index (χ4n) is 2.51. The second kappa shape index (κ2) is 5.36. The number of nitrogens with zero attached hydrogens (tertiary/aromatic N) is 2. The SMILES string of the molecule is COc1ccc(OC)c(Nc2ncnc3c2CCC3)c1. The van der Waals surface area contributed by atoms with E-state index in [9.17, 15) is 0 Å². The van der Waals surface area contributed by atoms with Gasteiger partial charge in [-0.2, -0.15) is 0 Å². The normalized spacial score (nSPS) is 12.9. The maximum absolute atomic E-state index is 5.37. The number of methoxy groups -OCH3 is 2. The summed E-state index contributed by atoms with van der Waals surface area (Å²) in [6.07, 6.45) is 4.80. The molecule has 1 aromatic carbocycles. The molecule has 0 bridgehead atoms. The molecule has 0 saturated carbocycles. The smallest absolute Gasteiger partial charge is 0.142 e. The van der Waals surface area contributed by atoms with E-state index < -0.39 is 0 Å². The molecule has 0 atom stereocenters. The minimum atomic E-state index is 0.760. The Kier molecular flexibility index (Phi) is 3.41. The predicted octanol–water partition coefficient (Wildman–Crippen LogP) is 2.73. The first-order valence-corrected chi connectivity index (χ1v) is 6.63. The highest BCUT2D eigenvalue weighted by Crippen LogP contribution is 2.33. The van der Waals surface area contributed by atoms with Crippen molar-refractivity contribution in [2.75, 3.05) is 19.5 Å². The highest BCUT2D eigenvalue weighted by atomic mass is 16.5. The zero-order valence-electron chi connectivity index (χ0n) is 11.6. The number of aryl methyl sites for hydroxylation is 1. The number of ether oxygens (including phenoxy) is 2. The fourth-order valence-corrected chi connectivity index (χ4v) is 2.51. The summed E-state index contributed by atoms with van der Waals surface area (Å²) in [5.74, 6) is 2.40. The summed E-state index contributed by atoms with van der Waals surface area (Å²) in [4.78, 5) is 8.69. The van der Waals surface area contributed by atoms with E-state index in [0.717, 1.165) is 48.0 Å². The monoisotopic (exact) mass is 271 g/mol. The Bertz CT molecular complexity index is 629. The number of hydrogen-bond acceptors (Lipinski definition) is 5. The lowest BCUT2D eigenvalue weighted by atomic mass is 10.2. The molecule has 2 aromatic rings. The molecule has 1 heterocycles. The Morgan fingerprint density at radius 2 is 2.00 bits per heavy atom. The first kappa shape index (κ1) is 12.7. The number of rotatable bonds is 4. The Hall–Kier alpha value is -2.30. The van der Waals surface area contributed by atoms with Gasteiger partial charge in [-0.1, -0.05) is 0 Å². The number of anilines is 2. The van der Waals surface area contributed by atoms with Gasteiger partial charge < -0.3 is 14.8 Å². The van der Waals surface area contributed by atoms with Crippen molar-refractivity contribution in [1.29, 1.82) is 0 Å². The molecule has 0 radical (unpaired) electrons. The molecule has 1 aromatic heterocycles. The molecule has 3 rings (SSSR count). The number of fused-ring (bicyclic) bond motifs is 1. The third-order valence-corrected chi connectivity index (χ3v) is 3.53. The summed E-state index contributed by atoms with van der Waals surface area (Å²) in [5.41, 5.74) is 3.20. The van der Waals surface area contributed by atoms with E-state index >= 15 is 0 Å². The molecule has 104 valence electrons. The minimum absolute atomic E-state index is 0.760. The molecule has 0 saturated heterocycles. The van der Waals surface area contributed by atoms with Crippen molar-refractivity contribution in [3.8, 4) is 11.5 Å². The lowest BCUT2D eigenvalue weighted by Gasteiger charge is -2.14. The van der Waals surface area contributed by atoms with Gasteiger partial charge in [-0.25, -0.2) is 9.97 Å². The molecule has 1 aliphatic carbocycles. The summed E-state index contributed by atoms with van der Waals surface area (Å²) in [7, 11) is 3.30. The van der Waals surface area contributed by atoms with Crippen molar-refractivity contribution in [3.63, 3.8) is 0 Å². The van der Waals surface area contributed by atoms with Crippen molar-refractivity contribution in [2.45, 2.75) is 19.3 Å². The summed E-state index contributed by atoms with van der Waals surface area (Å²) in [6, 6.07) is 5.65. The van der Waals surface area contributed by atoms with Crippen LogP contribution in [0.3, 0.4) is 0 Å². The average molecular weight is 271 g/mol. The highest BCUT2D eigenvalue weighted by molar-refractivity contribution is 5.68. The largest absolute Gasteiger partial charge is 0.497 e. The third kappa shape index (κ3) is 2.27. The van der Waals surface area contributed by atoms with Crippen LogP contribution in [0.15, 0.2) is 24.5 Å². The first-order valence-electron chi connectivity index (χ1n) is 6.63. The third-order valence-electron chi connectivity index (χ3n) is 3.53. The maximum atomic E-state index is 5.37. The fraction of sp³-hybridized carbons (Fsp3) is 0.333. The van der Waals surface area contributed by atoms with Gasteiger partial charge in [0.1, 0.15) is 23.6 Å². The van der Waals surface area contributed by atoms with Gasteiger partial charge in [0.05, 0.1) is 19.9 Å². The molecule has 5 heteroatoms. The van der Waals surface area contributed by atoms with Crippen molar-refractivity contribution in [3.05, 3.63) is 35.8 Å². The molecular formula is C15H17N3O2. The molecule has 5 nitrogen and oxygen atoms in total. The Balaban J connectivity index is 1.97. The molecule has 0 spiro atoms. The average Bonchev–Trinajstić information content (AvgIpc) is 2.96. The van der Waals surface area contributed by atoms with Crippen LogP contribution in [-0.2, 0) is 12.8 Å². The maximum Gasteiger partial charge on any atom is 0.142 e.